The van der Waals surface area contributed by atoms with E-state index in [-0.39, 0.29) is 15.6 Å². The van der Waals surface area contributed by atoms with Gasteiger partial charge in [0.05, 0.1) is 15.6 Å². The lowest BCUT2D eigenvalue weighted by Gasteiger charge is -2.09. The first-order chi connectivity index (χ1) is 9.97. The van der Waals surface area contributed by atoms with Crippen LogP contribution in [-0.2, 0) is 0 Å². The van der Waals surface area contributed by atoms with Gasteiger partial charge in [-0.2, -0.15) is 8.78 Å². The lowest BCUT2D eigenvalue weighted by atomic mass is 10.2. The molecule has 7 heteroatoms. The zero-order valence-corrected chi connectivity index (χ0v) is 12.8. The lowest BCUT2D eigenvalue weighted by Crippen LogP contribution is -2.13. The molecule has 0 fully saturated rings. The average Bonchev–Trinajstić information content (AvgIpc) is 2.40. The molecule has 0 unspecified atom stereocenters. The average molecular weight is 348 g/mol. The molecule has 0 saturated heterocycles. The Kier molecular flexibility index (Phi) is 5.45. The van der Waals surface area contributed by atoms with Crippen molar-refractivity contribution < 1.29 is 13.6 Å². The third-order valence-electron chi connectivity index (χ3n) is 2.53. The Balaban J connectivity index is 2.13. The van der Waals surface area contributed by atoms with Crippen LogP contribution in [0.5, 0.6) is 0 Å². The lowest BCUT2D eigenvalue weighted by molar-refractivity contribution is 0.102. The Bertz CT molecular complexity index is 630. The minimum absolute atomic E-state index is 0.173. The summed E-state index contributed by atoms with van der Waals surface area (Å²) in [5.74, 6) is -2.94. The highest BCUT2D eigenvalue weighted by molar-refractivity contribution is 7.99. The molecule has 0 aliphatic rings. The van der Waals surface area contributed by atoms with Gasteiger partial charge in [-0.15, -0.1) is 0 Å². The summed E-state index contributed by atoms with van der Waals surface area (Å²) in [7, 11) is 0. The van der Waals surface area contributed by atoms with E-state index in [1.54, 1.807) is 18.2 Å². The molecule has 1 amide bonds. The molecule has 0 aromatic heterocycles. The Morgan fingerprint density at radius 1 is 1.05 bits per heavy atom. The molecule has 0 atom stereocenters. The molecule has 0 bridgehead atoms. The van der Waals surface area contributed by atoms with E-state index in [0.717, 1.165) is 0 Å². The van der Waals surface area contributed by atoms with Gasteiger partial charge in [0.15, 0.2) is 0 Å². The highest BCUT2D eigenvalue weighted by Crippen LogP contribution is 2.28. The number of carbonyl (C=O) groups excluding carboxylic acids is 1. The van der Waals surface area contributed by atoms with Gasteiger partial charge < -0.3 is 5.32 Å². The summed E-state index contributed by atoms with van der Waals surface area (Å²) >= 11 is 12.3. The van der Waals surface area contributed by atoms with E-state index in [1.807, 2.05) is 0 Å². The number of rotatable bonds is 4. The van der Waals surface area contributed by atoms with Gasteiger partial charge in [-0.05, 0) is 36.4 Å². The van der Waals surface area contributed by atoms with E-state index in [1.165, 1.54) is 24.3 Å². The van der Waals surface area contributed by atoms with Crippen LogP contribution in [0.25, 0.3) is 0 Å². The summed E-state index contributed by atoms with van der Waals surface area (Å²) in [6.07, 6.45) is 0. The van der Waals surface area contributed by atoms with E-state index in [9.17, 15) is 13.6 Å². The molecule has 2 aromatic carbocycles. The molecule has 110 valence electrons. The number of halogens is 4. The fourth-order valence-corrected chi connectivity index (χ4v) is 2.70. The number of benzene rings is 2. The molecule has 0 radical (unpaired) electrons. The minimum Gasteiger partial charge on any atom is -0.322 e. The maximum atomic E-state index is 12.2. The summed E-state index contributed by atoms with van der Waals surface area (Å²) in [5.41, 5.74) is 0.640. The summed E-state index contributed by atoms with van der Waals surface area (Å²) < 4.78 is 24.4. The summed E-state index contributed by atoms with van der Waals surface area (Å²) in [6, 6.07) is 10.8. The Morgan fingerprint density at radius 2 is 1.62 bits per heavy atom. The molecular weight excluding hydrogens is 339 g/mol. The largest absolute Gasteiger partial charge is 0.322 e. The molecule has 2 rings (SSSR count). The van der Waals surface area contributed by atoms with Crippen LogP contribution >= 0.6 is 35.0 Å². The fraction of sp³-hybridized carbons (Fsp3) is 0.0714. The number of hydrogen-bond donors (Lipinski definition) is 1. The van der Waals surface area contributed by atoms with Crippen molar-refractivity contribution >= 4 is 46.6 Å². The van der Waals surface area contributed by atoms with Crippen molar-refractivity contribution in [3.8, 4) is 0 Å². The van der Waals surface area contributed by atoms with Gasteiger partial charge in [0.25, 0.3) is 11.7 Å². The first-order valence-corrected chi connectivity index (χ1v) is 7.41. The molecular formula is C14H9Cl2F2NOS. The first kappa shape index (κ1) is 16.1. The van der Waals surface area contributed by atoms with Crippen molar-refractivity contribution in [3.05, 3.63) is 58.1 Å². The van der Waals surface area contributed by atoms with E-state index in [0.29, 0.717) is 22.3 Å². The molecule has 1 N–H and O–H groups in total. The number of thioether (sulfide) groups is 1. The molecule has 0 aliphatic carbocycles. The maximum absolute atomic E-state index is 12.2. The smallest absolute Gasteiger partial charge is 0.288 e. The van der Waals surface area contributed by atoms with Crippen molar-refractivity contribution in [3.63, 3.8) is 0 Å². The van der Waals surface area contributed by atoms with E-state index in [2.05, 4.69) is 5.32 Å². The van der Waals surface area contributed by atoms with Gasteiger partial charge in [-0.25, -0.2) is 0 Å². The van der Waals surface area contributed by atoms with Gasteiger partial charge in [0.2, 0.25) is 0 Å². The van der Waals surface area contributed by atoms with Crippen LogP contribution in [0.2, 0.25) is 10.0 Å². The van der Waals surface area contributed by atoms with Crippen LogP contribution in [0, 0.1) is 0 Å². The first-order valence-electron chi connectivity index (χ1n) is 5.77. The molecule has 2 aromatic rings. The molecule has 21 heavy (non-hydrogen) atoms. The number of amides is 1. The third-order valence-corrected chi connectivity index (χ3v) is 3.88. The molecule has 0 spiro atoms. The quantitative estimate of drug-likeness (QED) is 0.733. The topological polar surface area (TPSA) is 29.1 Å². The van der Waals surface area contributed by atoms with Gasteiger partial charge >= 0.3 is 0 Å². The molecule has 0 saturated carbocycles. The Morgan fingerprint density at radius 3 is 2.14 bits per heavy atom. The van der Waals surface area contributed by atoms with Crippen LogP contribution in [-0.4, -0.2) is 11.7 Å². The number of anilines is 1. The zero-order valence-electron chi connectivity index (χ0n) is 10.4. The van der Waals surface area contributed by atoms with Crippen LogP contribution in [0.15, 0.2) is 47.4 Å². The van der Waals surface area contributed by atoms with Crippen LogP contribution in [0.3, 0.4) is 0 Å². The number of nitrogens with one attached hydrogen (secondary N) is 1. The van der Waals surface area contributed by atoms with Crippen molar-refractivity contribution in [2.24, 2.45) is 0 Å². The SMILES string of the molecule is O=C(Nc1ccc(SC(F)F)cc1)c1c(Cl)cccc1Cl. The van der Waals surface area contributed by atoms with Gasteiger partial charge in [0, 0.05) is 10.6 Å². The summed E-state index contributed by atoms with van der Waals surface area (Å²) in [5, 5.41) is 3.10. The number of hydrogen-bond acceptors (Lipinski definition) is 2. The van der Waals surface area contributed by atoms with Crippen molar-refractivity contribution in [2.45, 2.75) is 10.7 Å². The monoisotopic (exact) mass is 347 g/mol. The van der Waals surface area contributed by atoms with Crippen molar-refractivity contribution in [2.75, 3.05) is 5.32 Å². The second kappa shape index (κ2) is 7.11. The molecule has 0 aliphatic heterocycles. The van der Waals surface area contributed by atoms with Gasteiger partial charge in [-0.3, -0.25) is 4.79 Å². The van der Waals surface area contributed by atoms with Crippen molar-refractivity contribution in [1.82, 2.24) is 0 Å². The van der Waals surface area contributed by atoms with E-state index < -0.39 is 11.7 Å². The zero-order chi connectivity index (χ0) is 15.4. The van der Waals surface area contributed by atoms with Crippen LogP contribution in [0.1, 0.15) is 10.4 Å². The van der Waals surface area contributed by atoms with Crippen LogP contribution in [0.4, 0.5) is 14.5 Å². The maximum Gasteiger partial charge on any atom is 0.288 e. The summed E-state index contributed by atoms with van der Waals surface area (Å²) in [4.78, 5) is 12.5. The fourth-order valence-electron chi connectivity index (χ4n) is 1.63. The number of carbonyl (C=O) groups is 1. The molecule has 2 nitrogen and oxygen atoms in total. The van der Waals surface area contributed by atoms with E-state index in [4.69, 9.17) is 23.2 Å². The van der Waals surface area contributed by atoms with Crippen molar-refractivity contribution in [1.29, 1.82) is 0 Å². The minimum atomic E-state index is -2.48. The second-order valence-corrected chi connectivity index (χ2v) is 5.83. The predicted octanol–water partition coefficient (Wildman–Crippen LogP) is 5.56. The van der Waals surface area contributed by atoms with Crippen LogP contribution < -0.4 is 5.32 Å². The summed E-state index contributed by atoms with van der Waals surface area (Å²) in [6.45, 7) is 0. The molecule has 0 heterocycles. The second-order valence-electron chi connectivity index (χ2n) is 3.95. The highest BCUT2D eigenvalue weighted by Gasteiger charge is 2.14. The standard InChI is InChI=1S/C14H9Cl2F2NOS/c15-10-2-1-3-11(16)12(10)13(20)19-8-4-6-9(7-5-8)21-14(17)18/h1-7,14H,(H,19,20). The Labute approximate surface area is 134 Å². The van der Waals surface area contributed by atoms with Gasteiger partial charge in [-0.1, -0.05) is 41.0 Å². The predicted molar refractivity (Wildman–Crippen MR) is 82.7 cm³/mol. The highest BCUT2D eigenvalue weighted by atomic mass is 35.5. The third kappa shape index (κ3) is 4.33. The normalized spacial score (nSPS) is 10.7. The number of alkyl halides is 2. The Hall–Kier alpha value is -1.30. The van der Waals surface area contributed by atoms with E-state index >= 15 is 0 Å². The van der Waals surface area contributed by atoms with Gasteiger partial charge in [0.1, 0.15) is 0 Å².